The number of nitrogens with zero attached hydrogens (tertiary/aromatic N) is 4. The standard InChI is InChI=1S/C22H30F3N5O4/c1-2-3-4-5-6-7-12-33-17-9-8-14(13-15(17)22(23,24)25)19-27-20(34-29-19)18-16(31)10-11-30(18)21(26)28-32/h8-9,13,16,18,31-32H,2-7,10-12H2,1H3,(H2,26,28)/t16?,18-/m0/s1. The first-order valence-corrected chi connectivity index (χ1v) is 11.4. The van der Waals surface area contributed by atoms with Gasteiger partial charge in [-0.15, -0.1) is 0 Å². The van der Waals surface area contributed by atoms with Crippen LogP contribution in [0.4, 0.5) is 13.2 Å². The maximum atomic E-state index is 13.7. The zero-order chi connectivity index (χ0) is 24.7. The van der Waals surface area contributed by atoms with Gasteiger partial charge in [-0.1, -0.05) is 49.3 Å². The zero-order valence-corrected chi connectivity index (χ0v) is 19.0. The van der Waals surface area contributed by atoms with Gasteiger partial charge in [-0.05, 0) is 31.0 Å². The van der Waals surface area contributed by atoms with Gasteiger partial charge in [0.15, 0.2) is 0 Å². The van der Waals surface area contributed by atoms with Crippen LogP contribution in [0.1, 0.15) is 69.4 Å². The van der Waals surface area contributed by atoms with E-state index >= 15 is 0 Å². The van der Waals surface area contributed by atoms with E-state index in [1.165, 1.54) is 17.0 Å². The highest BCUT2D eigenvalue weighted by Crippen LogP contribution is 2.39. The molecule has 1 aliphatic heterocycles. The van der Waals surface area contributed by atoms with Crippen molar-refractivity contribution >= 4 is 5.96 Å². The normalized spacial score (nSPS) is 19.1. The molecule has 1 fully saturated rings. The Morgan fingerprint density at radius 2 is 2.00 bits per heavy atom. The van der Waals surface area contributed by atoms with Crippen LogP contribution >= 0.6 is 0 Å². The van der Waals surface area contributed by atoms with E-state index in [1.54, 1.807) is 0 Å². The highest BCUT2D eigenvalue weighted by Gasteiger charge is 2.40. The summed E-state index contributed by atoms with van der Waals surface area (Å²) in [6, 6.07) is 2.71. The van der Waals surface area contributed by atoms with E-state index in [2.05, 4.69) is 22.2 Å². The van der Waals surface area contributed by atoms with Crippen LogP contribution in [0.2, 0.25) is 0 Å². The number of rotatable bonds is 10. The second kappa shape index (κ2) is 11.4. The number of hydrogen-bond donors (Lipinski definition) is 3. The molecule has 0 saturated carbocycles. The topological polar surface area (TPSA) is 130 Å². The number of ether oxygens (including phenoxy) is 1. The fraction of sp³-hybridized carbons (Fsp3) is 0.591. The van der Waals surface area contributed by atoms with Gasteiger partial charge in [-0.2, -0.15) is 18.2 Å². The summed E-state index contributed by atoms with van der Waals surface area (Å²) < 4.78 is 51.8. The number of guanidine groups is 1. The molecule has 0 radical (unpaired) electrons. The summed E-state index contributed by atoms with van der Waals surface area (Å²) in [5.74, 6) is -0.629. The number of aromatic nitrogens is 2. The molecular formula is C22H30F3N5O4. The summed E-state index contributed by atoms with van der Waals surface area (Å²) in [7, 11) is 0. The van der Waals surface area contributed by atoms with Gasteiger partial charge >= 0.3 is 6.18 Å². The Bertz CT molecular complexity index is 966. The fourth-order valence-electron chi connectivity index (χ4n) is 3.94. The molecule has 1 aromatic heterocycles. The van der Waals surface area contributed by atoms with Crippen LogP contribution in [0.25, 0.3) is 11.4 Å². The summed E-state index contributed by atoms with van der Waals surface area (Å²) in [6.07, 6.45) is 0.745. The molecule has 3 rings (SSSR count). The number of oxime groups is 1. The number of aliphatic hydroxyl groups is 1. The molecule has 0 aliphatic carbocycles. The summed E-state index contributed by atoms with van der Waals surface area (Å²) in [5.41, 5.74) is 4.79. The minimum Gasteiger partial charge on any atom is -0.493 e. The van der Waals surface area contributed by atoms with Gasteiger partial charge in [0, 0.05) is 12.1 Å². The Labute approximate surface area is 195 Å². The largest absolute Gasteiger partial charge is 0.493 e. The second-order valence-corrected chi connectivity index (χ2v) is 8.23. The summed E-state index contributed by atoms with van der Waals surface area (Å²) >= 11 is 0. The zero-order valence-electron chi connectivity index (χ0n) is 19.0. The van der Waals surface area contributed by atoms with Gasteiger partial charge in [0.25, 0.3) is 5.89 Å². The van der Waals surface area contributed by atoms with Crippen molar-refractivity contribution in [3.05, 3.63) is 29.7 Å². The maximum Gasteiger partial charge on any atom is 0.419 e. The molecule has 1 aliphatic rings. The van der Waals surface area contributed by atoms with Crippen molar-refractivity contribution in [1.29, 1.82) is 0 Å². The van der Waals surface area contributed by atoms with E-state index in [-0.39, 0.29) is 42.1 Å². The monoisotopic (exact) mass is 485 g/mol. The van der Waals surface area contributed by atoms with Gasteiger partial charge in [0.1, 0.15) is 11.8 Å². The van der Waals surface area contributed by atoms with Crippen LogP contribution in [-0.4, -0.2) is 50.6 Å². The Kier molecular flexibility index (Phi) is 8.59. The average molecular weight is 486 g/mol. The maximum absolute atomic E-state index is 13.7. The van der Waals surface area contributed by atoms with Crippen molar-refractivity contribution in [2.24, 2.45) is 10.9 Å². The first-order chi connectivity index (χ1) is 16.3. The van der Waals surface area contributed by atoms with Crippen LogP contribution in [0.3, 0.4) is 0 Å². The Balaban J connectivity index is 1.75. The lowest BCUT2D eigenvalue weighted by molar-refractivity contribution is -0.138. The van der Waals surface area contributed by atoms with E-state index in [4.69, 9.17) is 20.2 Å². The highest BCUT2D eigenvalue weighted by atomic mass is 19.4. The highest BCUT2D eigenvalue weighted by molar-refractivity contribution is 5.78. The number of halogens is 3. The molecule has 0 bridgehead atoms. The number of benzene rings is 1. The number of nitrogens with two attached hydrogens (primary N) is 1. The van der Waals surface area contributed by atoms with E-state index < -0.39 is 23.9 Å². The number of hydrogen-bond acceptors (Lipinski definition) is 7. The molecule has 2 aromatic rings. The van der Waals surface area contributed by atoms with Crippen molar-refractivity contribution in [2.75, 3.05) is 13.2 Å². The predicted molar refractivity (Wildman–Crippen MR) is 117 cm³/mol. The SMILES string of the molecule is CCCCCCCCOc1ccc(-c2noc([C@@H]3C(O)CCN3/C(N)=N/O)n2)cc1C(F)(F)F. The second-order valence-electron chi connectivity index (χ2n) is 8.23. The van der Waals surface area contributed by atoms with Crippen LogP contribution < -0.4 is 10.5 Å². The third-order valence-electron chi connectivity index (χ3n) is 5.76. The van der Waals surface area contributed by atoms with Gasteiger partial charge in [0.2, 0.25) is 11.8 Å². The molecule has 2 heterocycles. The van der Waals surface area contributed by atoms with E-state index in [1.807, 2.05) is 0 Å². The van der Waals surface area contributed by atoms with E-state index in [0.717, 1.165) is 38.2 Å². The molecule has 1 aromatic carbocycles. The molecule has 1 unspecified atom stereocenters. The fourth-order valence-corrected chi connectivity index (χ4v) is 3.94. The van der Waals surface area contributed by atoms with Crippen molar-refractivity contribution < 1.29 is 32.7 Å². The number of likely N-dealkylation sites (tertiary alicyclic amines) is 1. The lowest BCUT2D eigenvalue weighted by Crippen LogP contribution is -2.38. The van der Waals surface area contributed by atoms with Crippen LogP contribution in [0, 0.1) is 0 Å². The minimum atomic E-state index is -4.64. The average Bonchev–Trinajstić information content (AvgIpc) is 3.44. The predicted octanol–water partition coefficient (Wildman–Crippen LogP) is 4.31. The molecule has 4 N–H and O–H groups in total. The molecule has 34 heavy (non-hydrogen) atoms. The number of unbranched alkanes of at least 4 members (excludes halogenated alkanes) is 5. The first kappa shape index (κ1) is 25.6. The number of aliphatic hydroxyl groups excluding tert-OH is 1. The Morgan fingerprint density at radius 3 is 2.71 bits per heavy atom. The van der Waals surface area contributed by atoms with Crippen molar-refractivity contribution in [1.82, 2.24) is 15.0 Å². The van der Waals surface area contributed by atoms with Gasteiger partial charge in [0.05, 0.1) is 18.3 Å². The van der Waals surface area contributed by atoms with Crippen molar-refractivity contribution in [2.45, 2.75) is 70.2 Å². The first-order valence-electron chi connectivity index (χ1n) is 11.4. The Morgan fingerprint density at radius 1 is 1.26 bits per heavy atom. The summed E-state index contributed by atoms with van der Waals surface area (Å²) in [4.78, 5) is 5.54. The minimum absolute atomic E-state index is 0.0523. The van der Waals surface area contributed by atoms with Gasteiger partial charge < -0.3 is 30.2 Å². The third kappa shape index (κ3) is 6.10. The molecule has 0 amide bonds. The lowest BCUT2D eigenvalue weighted by atomic mass is 10.1. The van der Waals surface area contributed by atoms with Crippen LogP contribution in [-0.2, 0) is 6.18 Å². The lowest BCUT2D eigenvalue weighted by Gasteiger charge is -2.22. The summed E-state index contributed by atoms with van der Waals surface area (Å²) in [6.45, 7) is 2.60. The molecule has 0 spiro atoms. The van der Waals surface area contributed by atoms with Crippen LogP contribution in [0.15, 0.2) is 27.9 Å². The van der Waals surface area contributed by atoms with E-state index in [0.29, 0.717) is 12.8 Å². The summed E-state index contributed by atoms with van der Waals surface area (Å²) in [5, 5.41) is 25.9. The smallest absolute Gasteiger partial charge is 0.419 e. The van der Waals surface area contributed by atoms with Gasteiger partial charge in [-0.25, -0.2) is 0 Å². The van der Waals surface area contributed by atoms with Gasteiger partial charge in [-0.3, -0.25) is 0 Å². The molecule has 9 nitrogen and oxygen atoms in total. The molecular weight excluding hydrogens is 455 g/mol. The number of alkyl halides is 3. The molecule has 2 atom stereocenters. The van der Waals surface area contributed by atoms with Crippen molar-refractivity contribution in [3.63, 3.8) is 0 Å². The molecule has 12 heteroatoms. The van der Waals surface area contributed by atoms with Crippen LogP contribution in [0.5, 0.6) is 5.75 Å². The third-order valence-corrected chi connectivity index (χ3v) is 5.76. The van der Waals surface area contributed by atoms with Crippen molar-refractivity contribution in [3.8, 4) is 17.1 Å². The quantitative estimate of drug-likeness (QED) is 0.149. The molecule has 1 saturated heterocycles. The van der Waals surface area contributed by atoms with E-state index in [9.17, 15) is 18.3 Å². The molecule has 188 valence electrons. The Hall–Kier alpha value is -3.02.